The van der Waals surface area contributed by atoms with Crippen molar-refractivity contribution < 1.29 is 18.7 Å². The molecule has 0 unspecified atom stereocenters. The smallest absolute Gasteiger partial charge is 0.409 e. The number of ether oxygens (including phenoxy) is 1. The highest BCUT2D eigenvalue weighted by Crippen LogP contribution is 2.16. The van der Waals surface area contributed by atoms with E-state index in [1.165, 1.54) is 19.2 Å². The molecule has 0 aliphatic carbocycles. The summed E-state index contributed by atoms with van der Waals surface area (Å²) in [5.41, 5.74) is 0. The Balaban J connectivity index is 1.94. The molecule has 1 saturated heterocycles. The molecule has 0 spiro atoms. The number of hydrogen-bond donors (Lipinski definition) is 0. The van der Waals surface area contributed by atoms with Gasteiger partial charge < -0.3 is 19.0 Å². The van der Waals surface area contributed by atoms with Crippen molar-refractivity contribution in [1.29, 1.82) is 0 Å². The van der Waals surface area contributed by atoms with Crippen molar-refractivity contribution in [3.05, 3.63) is 23.1 Å². The van der Waals surface area contributed by atoms with Gasteiger partial charge in [-0.15, -0.1) is 0 Å². The van der Waals surface area contributed by atoms with Crippen LogP contribution in [-0.4, -0.2) is 55.1 Å². The molecule has 7 heteroatoms. The number of amides is 2. The van der Waals surface area contributed by atoms with Crippen LogP contribution in [0.5, 0.6) is 0 Å². The fraction of sp³-hybridized carbons (Fsp3) is 0.455. The zero-order valence-corrected chi connectivity index (χ0v) is 10.6. The van der Waals surface area contributed by atoms with Gasteiger partial charge in [0.1, 0.15) is 0 Å². The highest BCUT2D eigenvalue weighted by Gasteiger charge is 2.26. The quantitative estimate of drug-likeness (QED) is 0.776. The van der Waals surface area contributed by atoms with E-state index in [4.69, 9.17) is 16.0 Å². The Morgan fingerprint density at radius 3 is 2.33 bits per heavy atom. The second-order valence-electron chi connectivity index (χ2n) is 3.85. The van der Waals surface area contributed by atoms with Crippen molar-refractivity contribution in [2.24, 2.45) is 0 Å². The first-order valence-corrected chi connectivity index (χ1v) is 5.87. The third kappa shape index (κ3) is 2.59. The van der Waals surface area contributed by atoms with E-state index in [9.17, 15) is 9.59 Å². The van der Waals surface area contributed by atoms with Crippen molar-refractivity contribution in [1.82, 2.24) is 9.80 Å². The number of nitrogens with zero attached hydrogens (tertiary/aromatic N) is 2. The molecule has 18 heavy (non-hydrogen) atoms. The first-order valence-electron chi connectivity index (χ1n) is 5.49. The van der Waals surface area contributed by atoms with E-state index in [-0.39, 0.29) is 23.0 Å². The molecule has 2 rings (SSSR count). The molecule has 0 atom stereocenters. The standard InChI is InChI=1S/C11H13ClN2O4/c1-17-11(16)14-6-4-13(5-7-14)10(15)8-2-3-9(12)18-8/h2-3H,4-7H2,1H3. The Kier molecular flexibility index (Phi) is 3.76. The number of carbonyl (C=O) groups excluding carboxylic acids is 2. The zero-order chi connectivity index (χ0) is 13.1. The summed E-state index contributed by atoms with van der Waals surface area (Å²) in [5.74, 6) is -0.00191. The van der Waals surface area contributed by atoms with E-state index in [1.807, 2.05) is 0 Å². The predicted octanol–water partition coefficient (Wildman–Crippen LogP) is 1.46. The predicted molar refractivity (Wildman–Crippen MR) is 63.6 cm³/mol. The summed E-state index contributed by atoms with van der Waals surface area (Å²) in [4.78, 5) is 26.5. The van der Waals surface area contributed by atoms with Gasteiger partial charge in [-0.05, 0) is 23.7 Å². The molecule has 1 aliphatic rings. The van der Waals surface area contributed by atoms with Crippen LogP contribution < -0.4 is 0 Å². The SMILES string of the molecule is COC(=O)N1CCN(C(=O)c2ccc(Cl)o2)CC1. The van der Waals surface area contributed by atoms with Crippen molar-refractivity contribution in [3.8, 4) is 0 Å². The lowest BCUT2D eigenvalue weighted by atomic mass is 10.3. The van der Waals surface area contributed by atoms with Crippen LogP contribution in [0.2, 0.25) is 5.22 Å². The number of hydrogen-bond acceptors (Lipinski definition) is 4. The number of methoxy groups -OCH3 is 1. The van der Waals surface area contributed by atoms with Crippen LogP contribution in [0.3, 0.4) is 0 Å². The summed E-state index contributed by atoms with van der Waals surface area (Å²) >= 11 is 5.62. The van der Waals surface area contributed by atoms with Crippen LogP contribution in [0.15, 0.2) is 16.5 Å². The molecule has 6 nitrogen and oxygen atoms in total. The van der Waals surface area contributed by atoms with Gasteiger partial charge in [0.15, 0.2) is 11.0 Å². The highest BCUT2D eigenvalue weighted by atomic mass is 35.5. The molecule has 98 valence electrons. The van der Waals surface area contributed by atoms with Gasteiger partial charge in [-0.1, -0.05) is 0 Å². The normalized spacial score (nSPS) is 15.7. The average molecular weight is 273 g/mol. The van der Waals surface area contributed by atoms with Crippen LogP contribution in [0.4, 0.5) is 4.79 Å². The van der Waals surface area contributed by atoms with Crippen molar-refractivity contribution in [3.63, 3.8) is 0 Å². The van der Waals surface area contributed by atoms with Gasteiger partial charge in [0.2, 0.25) is 0 Å². The summed E-state index contributed by atoms with van der Waals surface area (Å²) in [6.07, 6.45) is -0.372. The van der Waals surface area contributed by atoms with Gasteiger partial charge in [-0.25, -0.2) is 4.79 Å². The Labute approximate surface area is 109 Å². The first kappa shape index (κ1) is 12.8. The fourth-order valence-electron chi connectivity index (χ4n) is 1.81. The fourth-order valence-corrected chi connectivity index (χ4v) is 1.95. The van der Waals surface area contributed by atoms with Gasteiger partial charge in [-0.3, -0.25) is 4.79 Å². The molecule has 0 N–H and O–H groups in total. The van der Waals surface area contributed by atoms with E-state index in [1.54, 1.807) is 9.80 Å². The van der Waals surface area contributed by atoms with Crippen LogP contribution in [0.1, 0.15) is 10.6 Å². The molecule has 1 aromatic rings. The molecule has 0 radical (unpaired) electrons. The van der Waals surface area contributed by atoms with Gasteiger partial charge in [0.05, 0.1) is 7.11 Å². The summed E-state index contributed by atoms with van der Waals surface area (Å²) in [6, 6.07) is 3.07. The van der Waals surface area contributed by atoms with E-state index in [0.29, 0.717) is 26.2 Å². The van der Waals surface area contributed by atoms with Crippen molar-refractivity contribution in [2.45, 2.75) is 0 Å². The maximum atomic E-state index is 12.0. The first-order chi connectivity index (χ1) is 8.61. The molecule has 2 amide bonds. The molecule has 1 aliphatic heterocycles. The van der Waals surface area contributed by atoms with Crippen LogP contribution in [-0.2, 0) is 4.74 Å². The molecule has 2 heterocycles. The second-order valence-corrected chi connectivity index (χ2v) is 4.23. The monoisotopic (exact) mass is 272 g/mol. The minimum absolute atomic E-state index is 0.187. The Hall–Kier alpha value is -1.69. The average Bonchev–Trinajstić information content (AvgIpc) is 2.84. The Morgan fingerprint density at radius 2 is 1.83 bits per heavy atom. The third-order valence-corrected chi connectivity index (χ3v) is 2.99. The van der Waals surface area contributed by atoms with E-state index in [2.05, 4.69) is 4.74 Å². The van der Waals surface area contributed by atoms with E-state index in [0.717, 1.165) is 0 Å². The van der Waals surface area contributed by atoms with Gasteiger partial charge in [-0.2, -0.15) is 0 Å². The van der Waals surface area contributed by atoms with Gasteiger partial charge >= 0.3 is 6.09 Å². The summed E-state index contributed by atoms with van der Waals surface area (Å²) in [7, 11) is 1.34. The summed E-state index contributed by atoms with van der Waals surface area (Å²) < 4.78 is 9.68. The maximum absolute atomic E-state index is 12.0. The highest BCUT2D eigenvalue weighted by molar-refractivity contribution is 6.29. The molecular formula is C11H13ClN2O4. The van der Waals surface area contributed by atoms with Gasteiger partial charge in [0.25, 0.3) is 5.91 Å². The maximum Gasteiger partial charge on any atom is 0.409 e. The largest absolute Gasteiger partial charge is 0.453 e. The minimum atomic E-state index is -0.372. The second kappa shape index (κ2) is 5.30. The van der Waals surface area contributed by atoms with Gasteiger partial charge in [0, 0.05) is 26.2 Å². The lowest BCUT2D eigenvalue weighted by Crippen LogP contribution is -2.50. The molecular weight excluding hydrogens is 260 g/mol. The minimum Gasteiger partial charge on any atom is -0.453 e. The molecule has 1 fully saturated rings. The molecule has 0 aromatic carbocycles. The number of furan rings is 1. The van der Waals surface area contributed by atoms with Crippen molar-refractivity contribution >= 4 is 23.6 Å². The summed E-state index contributed by atoms with van der Waals surface area (Å²) in [5, 5.41) is 0.187. The third-order valence-electron chi connectivity index (χ3n) is 2.78. The number of piperazine rings is 1. The van der Waals surface area contributed by atoms with Crippen LogP contribution >= 0.6 is 11.6 Å². The zero-order valence-electron chi connectivity index (χ0n) is 9.89. The number of carbonyl (C=O) groups is 2. The lowest BCUT2D eigenvalue weighted by Gasteiger charge is -2.33. The molecule has 0 bridgehead atoms. The number of halogens is 1. The Morgan fingerprint density at radius 1 is 1.22 bits per heavy atom. The molecule has 1 aromatic heterocycles. The van der Waals surface area contributed by atoms with E-state index < -0.39 is 0 Å². The summed E-state index contributed by atoms with van der Waals surface area (Å²) in [6.45, 7) is 1.80. The van der Waals surface area contributed by atoms with E-state index >= 15 is 0 Å². The Bertz CT molecular complexity index is 452. The van der Waals surface area contributed by atoms with Crippen LogP contribution in [0, 0.1) is 0 Å². The molecule has 0 saturated carbocycles. The topological polar surface area (TPSA) is 63.0 Å². The number of rotatable bonds is 1. The lowest BCUT2D eigenvalue weighted by molar-refractivity contribution is 0.0573. The van der Waals surface area contributed by atoms with Crippen molar-refractivity contribution in [2.75, 3.05) is 33.3 Å². The van der Waals surface area contributed by atoms with Crippen LogP contribution in [0.25, 0.3) is 0 Å².